The number of hydrogen-bond donors (Lipinski definition) is 2. The van der Waals surface area contributed by atoms with E-state index in [0.29, 0.717) is 36.9 Å². The average Bonchev–Trinajstić information content (AvgIpc) is 3.03. The van der Waals surface area contributed by atoms with E-state index >= 15 is 0 Å². The third-order valence-corrected chi connectivity index (χ3v) is 7.39. The molecule has 0 radical (unpaired) electrons. The number of aromatic nitrogens is 3. The van der Waals surface area contributed by atoms with Crippen molar-refractivity contribution in [3.8, 4) is 0 Å². The number of anilines is 2. The molecule has 31 heavy (non-hydrogen) atoms. The van der Waals surface area contributed by atoms with Gasteiger partial charge in [0.15, 0.2) is 5.82 Å². The van der Waals surface area contributed by atoms with Gasteiger partial charge in [-0.1, -0.05) is 25.5 Å². The van der Waals surface area contributed by atoms with E-state index in [-0.39, 0.29) is 21.8 Å². The lowest BCUT2D eigenvalue weighted by Crippen LogP contribution is -2.50. The highest BCUT2D eigenvalue weighted by Crippen LogP contribution is 2.37. The number of nitrogens with zero attached hydrogens (tertiary/aromatic N) is 3. The van der Waals surface area contributed by atoms with E-state index in [1.54, 1.807) is 6.92 Å². The van der Waals surface area contributed by atoms with Gasteiger partial charge < -0.3 is 20.4 Å². The average molecular weight is 448 g/mol. The predicted octanol–water partition coefficient (Wildman–Crippen LogP) is 3.22. The first-order valence-electron chi connectivity index (χ1n) is 10.2. The monoisotopic (exact) mass is 447 g/mol. The lowest BCUT2D eigenvalue weighted by atomic mass is 9.98. The maximum Gasteiger partial charge on any atom is 0.215 e. The van der Waals surface area contributed by atoms with Gasteiger partial charge in [-0.2, -0.15) is 0 Å². The summed E-state index contributed by atoms with van der Waals surface area (Å²) in [7, 11) is -4.24. The predicted molar refractivity (Wildman–Crippen MR) is 116 cm³/mol. The summed E-state index contributed by atoms with van der Waals surface area (Å²) in [6.07, 6.45) is 1.86. The molecule has 0 aliphatic carbocycles. The van der Waals surface area contributed by atoms with Crippen LogP contribution >= 0.6 is 0 Å². The highest BCUT2D eigenvalue weighted by atomic mass is 32.2. The maximum atomic E-state index is 14.3. The van der Waals surface area contributed by atoms with Crippen molar-refractivity contribution < 1.29 is 17.5 Å². The van der Waals surface area contributed by atoms with Crippen molar-refractivity contribution in [1.29, 1.82) is 0 Å². The van der Waals surface area contributed by atoms with Crippen LogP contribution in [0.15, 0.2) is 34.1 Å². The number of H-pyrrole nitrogens is 1. The van der Waals surface area contributed by atoms with Crippen molar-refractivity contribution >= 4 is 32.5 Å². The van der Waals surface area contributed by atoms with Gasteiger partial charge in [0.2, 0.25) is 9.84 Å². The molecule has 0 amide bonds. The molecule has 1 atom stereocenters. The Hall–Kier alpha value is -2.72. The topological polar surface area (TPSA) is 114 Å². The molecule has 1 aliphatic heterocycles. The number of fused-ring (bicyclic) bond motifs is 1. The molecular weight excluding hydrogens is 421 g/mol. The van der Waals surface area contributed by atoms with Crippen LogP contribution in [0.4, 0.5) is 16.0 Å². The van der Waals surface area contributed by atoms with E-state index < -0.39 is 20.5 Å². The van der Waals surface area contributed by atoms with Crippen LogP contribution in [-0.4, -0.2) is 48.7 Å². The minimum Gasteiger partial charge on any atom is -0.384 e. The summed E-state index contributed by atoms with van der Waals surface area (Å²) in [5.74, 6) is 0.0275. The highest BCUT2D eigenvalue weighted by molar-refractivity contribution is 7.92. The lowest BCUT2D eigenvalue weighted by Gasteiger charge is -2.41. The molecule has 3 aromatic rings. The molecule has 1 unspecified atom stereocenters. The maximum absolute atomic E-state index is 14.3. The number of nitrogen functional groups attached to an aromatic ring is 1. The van der Waals surface area contributed by atoms with Crippen LogP contribution in [0.3, 0.4) is 0 Å². The van der Waals surface area contributed by atoms with Crippen molar-refractivity contribution in [3.63, 3.8) is 0 Å². The van der Waals surface area contributed by atoms with Crippen LogP contribution in [0.5, 0.6) is 0 Å². The van der Waals surface area contributed by atoms with Crippen LogP contribution in [0.1, 0.15) is 32.5 Å². The van der Waals surface area contributed by atoms with E-state index in [2.05, 4.69) is 33.7 Å². The number of aryl methyl sites for hydroxylation is 1. The number of nitrogens with two attached hydrogens (primary N) is 1. The summed E-state index contributed by atoms with van der Waals surface area (Å²) in [6.45, 7) is 7.58. The fourth-order valence-electron chi connectivity index (χ4n) is 4.22. The summed E-state index contributed by atoms with van der Waals surface area (Å²) >= 11 is 0. The van der Waals surface area contributed by atoms with Gasteiger partial charge >= 0.3 is 0 Å². The summed E-state index contributed by atoms with van der Waals surface area (Å²) in [6, 6.07) is 5.22. The van der Waals surface area contributed by atoms with Crippen LogP contribution in [0.2, 0.25) is 0 Å². The Morgan fingerprint density at radius 2 is 2.06 bits per heavy atom. The number of morpholine rings is 1. The SMILES string of the molecule is CCCC1(C)CN(c2nc(C)nc3c(S(=O)(=O)c4ccccc4F)c(N)[nH]c23)CCO1. The Kier molecular flexibility index (Phi) is 5.38. The Morgan fingerprint density at radius 3 is 2.77 bits per heavy atom. The van der Waals surface area contributed by atoms with Gasteiger partial charge in [-0.3, -0.25) is 0 Å². The van der Waals surface area contributed by atoms with Crippen LogP contribution < -0.4 is 10.6 Å². The van der Waals surface area contributed by atoms with Gasteiger partial charge in [0.25, 0.3) is 0 Å². The summed E-state index contributed by atoms with van der Waals surface area (Å²) in [5, 5.41) is 0. The number of aromatic amines is 1. The Morgan fingerprint density at radius 1 is 1.32 bits per heavy atom. The molecule has 166 valence electrons. The second-order valence-electron chi connectivity index (χ2n) is 8.09. The van der Waals surface area contributed by atoms with Crippen molar-refractivity contribution in [3.05, 3.63) is 35.9 Å². The lowest BCUT2D eigenvalue weighted by molar-refractivity contribution is -0.0478. The second kappa shape index (κ2) is 7.76. The third kappa shape index (κ3) is 3.74. The molecule has 0 bridgehead atoms. The van der Waals surface area contributed by atoms with E-state index in [0.717, 1.165) is 18.9 Å². The summed E-state index contributed by atoms with van der Waals surface area (Å²) < 4.78 is 46.9. The van der Waals surface area contributed by atoms with E-state index in [9.17, 15) is 12.8 Å². The molecule has 1 aromatic carbocycles. The van der Waals surface area contributed by atoms with Crippen molar-refractivity contribution in [2.24, 2.45) is 0 Å². The summed E-state index contributed by atoms with van der Waals surface area (Å²) in [4.78, 5) is 13.3. The minimum absolute atomic E-state index is 0.0935. The van der Waals surface area contributed by atoms with Crippen LogP contribution in [0, 0.1) is 12.7 Å². The first-order chi connectivity index (χ1) is 14.7. The Bertz CT molecular complexity index is 1240. The first kappa shape index (κ1) is 21.5. The standard InChI is InChI=1S/C21H26FN5O3S/c1-4-9-21(3)12-27(10-11-30-21)20-17-16(24-13(2)25-20)18(19(23)26-17)31(28,29)15-8-6-5-7-14(15)22/h5-8,26H,4,9-12,23H2,1-3H3. The molecular formula is C21H26FN5O3S. The Labute approximate surface area is 180 Å². The molecule has 1 fully saturated rings. The third-order valence-electron chi connectivity index (χ3n) is 5.53. The Balaban J connectivity index is 1.88. The van der Waals surface area contributed by atoms with Crippen molar-refractivity contribution in [2.45, 2.75) is 49.0 Å². The smallest absolute Gasteiger partial charge is 0.215 e. The zero-order valence-electron chi connectivity index (χ0n) is 17.8. The molecule has 2 aromatic heterocycles. The number of nitrogens with one attached hydrogen (secondary N) is 1. The molecule has 1 saturated heterocycles. The zero-order chi connectivity index (χ0) is 22.4. The van der Waals surface area contributed by atoms with Gasteiger partial charge in [-0.15, -0.1) is 0 Å². The van der Waals surface area contributed by atoms with E-state index in [1.165, 1.54) is 18.2 Å². The number of hydrogen-bond acceptors (Lipinski definition) is 7. The van der Waals surface area contributed by atoms with E-state index in [4.69, 9.17) is 10.5 Å². The number of benzene rings is 1. The quantitative estimate of drug-likeness (QED) is 0.617. The van der Waals surface area contributed by atoms with Gasteiger partial charge in [-0.25, -0.2) is 22.8 Å². The van der Waals surface area contributed by atoms with Gasteiger partial charge in [0.1, 0.15) is 38.3 Å². The van der Waals surface area contributed by atoms with Crippen molar-refractivity contribution in [1.82, 2.24) is 15.0 Å². The molecule has 1 aliphatic rings. The first-order valence-corrected chi connectivity index (χ1v) is 11.7. The van der Waals surface area contributed by atoms with Crippen molar-refractivity contribution in [2.75, 3.05) is 30.3 Å². The minimum atomic E-state index is -4.24. The number of ether oxygens (including phenoxy) is 1. The number of rotatable bonds is 5. The number of sulfone groups is 1. The molecule has 3 N–H and O–H groups in total. The zero-order valence-corrected chi connectivity index (χ0v) is 18.6. The largest absolute Gasteiger partial charge is 0.384 e. The van der Waals surface area contributed by atoms with Crippen LogP contribution in [0.25, 0.3) is 11.0 Å². The number of halogens is 1. The van der Waals surface area contributed by atoms with Crippen LogP contribution in [-0.2, 0) is 14.6 Å². The fourth-order valence-corrected chi connectivity index (χ4v) is 5.77. The summed E-state index contributed by atoms with van der Waals surface area (Å²) in [5.41, 5.74) is 6.35. The van der Waals surface area contributed by atoms with E-state index in [1.807, 2.05) is 0 Å². The molecule has 4 rings (SSSR count). The van der Waals surface area contributed by atoms with Gasteiger partial charge in [0, 0.05) is 13.1 Å². The molecule has 0 spiro atoms. The molecule has 10 heteroatoms. The molecule has 3 heterocycles. The highest BCUT2D eigenvalue weighted by Gasteiger charge is 2.35. The normalized spacial score (nSPS) is 19.8. The van der Waals surface area contributed by atoms with Gasteiger partial charge in [0.05, 0.1) is 12.2 Å². The second-order valence-corrected chi connectivity index (χ2v) is 9.94. The molecule has 8 nitrogen and oxygen atoms in total. The fraction of sp³-hybridized carbons (Fsp3) is 0.429. The molecule has 0 saturated carbocycles. The van der Waals surface area contributed by atoms with Gasteiger partial charge in [-0.05, 0) is 32.4 Å².